The van der Waals surface area contributed by atoms with Crippen LogP contribution in [-0.2, 0) is 4.74 Å². The molecule has 1 atom stereocenters. The van der Waals surface area contributed by atoms with Crippen molar-refractivity contribution in [1.29, 1.82) is 0 Å². The number of morpholine rings is 1. The second kappa shape index (κ2) is 5.45. The number of hydrogen-bond donors (Lipinski definition) is 1. The molecule has 18 heavy (non-hydrogen) atoms. The number of aromatic nitrogens is 1. The number of rotatable bonds is 2. The third-order valence-corrected chi connectivity index (χ3v) is 5.12. The SMILES string of the molecule is Clc1cc(-c2csc(C3COCCN3)n2)c(Cl)s1. The number of halogens is 2. The molecule has 0 amide bonds. The molecule has 3 heterocycles. The van der Waals surface area contributed by atoms with Crippen molar-refractivity contribution < 1.29 is 4.74 Å². The monoisotopic (exact) mass is 320 g/mol. The molecule has 3 rings (SSSR count). The predicted octanol–water partition coefficient (Wildman–Crippen LogP) is 3.84. The molecular weight excluding hydrogens is 311 g/mol. The molecule has 1 N–H and O–H groups in total. The van der Waals surface area contributed by atoms with Gasteiger partial charge in [0, 0.05) is 17.5 Å². The van der Waals surface area contributed by atoms with Crippen LogP contribution in [-0.4, -0.2) is 24.7 Å². The van der Waals surface area contributed by atoms with Crippen LogP contribution in [0.1, 0.15) is 11.0 Å². The molecule has 0 saturated carbocycles. The highest BCUT2D eigenvalue weighted by atomic mass is 35.5. The minimum absolute atomic E-state index is 0.186. The maximum Gasteiger partial charge on any atom is 0.113 e. The lowest BCUT2D eigenvalue weighted by Gasteiger charge is -2.21. The number of hydrogen-bond acceptors (Lipinski definition) is 5. The Morgan fingerprint density at radius 3 is 3.00 bits per heavy atom. The van der Waals surface area contributed by atoms with E-state index in [9.17, 15) is 0 Å². The van der Waals surface area contributed by atoms with Gasteiger partial charge in [0.25, 0.3) is 0 Å². The predicted molar refractivity (Wildman–Crippen MR) is 77.0 cm³/mol. The van der Waals surface area contributed by atoms with E-state index in [0.29, 0.717) is 15.3 Å². The van der Waals surface area contributed by atoms with Gasteiger partial charge in [-0.1, -0.05) is 23.2 Å². The van der Waals surface area contributed by atoms with Gasteiger partial charge in [-0.15, -0.1) is 22.7 Å². The zero-order valence-electron chi connectivity index (χ0n) is 9.28. The molecule has 3 nitrogen and oxygen atoms in total. The van der Waals surface area contributed by atoms with Crippen molar-refractivity contribution in [2.45, 2.75) is 6.04 Å². The Kier molecular flexibility index (Phi) is 3.89. The highest BCUT2D eigenvalue weighted by Crippen LogP contribution is 2.38. The van der Waals surface area contributed by atoms with Crippen LogP contribution in [0.5, 0.6) is 0 Å². The smallest absolute Gasteiger partial charge is 0.113 e. The molecule has 7 heteroatoms. The lowest BCUT2D eigenvalue weighted by atomic mass is 10.2. The maximum absolute atomic E-state index is 6.13. The van der Waals surface area contributed by atoms with Crippen LogP contribution < -0.4 is 5.32 Å². The number of thiazole rings is 1. The van der Waals surface area contributed by atoms with E-state index in [0.717, 1.165) is 29.4 Å². The standard InChI is InChI=1S/C11H10Cl2N2OS2/c12-9-3-6(10(13)18-9)8-5-17-11(15-8)7-4-16-2-1-14-7/h3,5,7,14H,1-2,4H2. The third kappa shape index (κ3) is 2.57. The van der Waals surface area contributed by atoms with Gasteiger partial charge in [0.15, 0.2) is 0 Å². The van der Waals surface area contributed by atoms with Crippen molar-refractivity contribution in [3.05, 3.63) is 25.1 Å². The van der Waals surface area contributed by atoms with Gasteiger partial charge in [-0.25, -0.2) is 4.98 Å². The summed E-state index contributed by atoms with van der Waals surface area (Å²) >= 11 is 15.1. The van der Waals surface area contributed by atoms with Gasteiger partial charge in [0.1, 0.15) is 9.34 Å². The summed E-state index contributed by atoms with van der Waals surface area (Å²) in [5.74, 6) is 0. The van der Waals surface area contributed by atoms with E-state index in [1.165, 1.54) is 11.3 Å². The summed E-state index contributed by atoms with van der Waals surface area (Å²) in [6.45, 7) is 2.30. The second-order valence-corrected chi connectivity index (χ2v) is 7.07. The fraction of sp³-hybridized carbons (Fsp3) is 0.364. The number of thiophene rings is 1. The Balaban J connectivity index is 1.86. The molecule has 1 aliphatic rings. The first-order valence-corrected chi connectivity index (χ1v) is 7.91. The Morgan fingerprint density at radius 1 is 1.44 bits per heavy atom. The van der Waals surface area contributed by atoms with E-state index >= 15 is 0 Å². The Bertz CT molecular complexity index is 549. The average molecular weight is 321 g/mol. The summed E-state index contributed by atoms with van der Waals surface area (Å²) in [6, 6.07) is 2.04. The molecule has 2 aromatic rings. The van der Waals surface area contributed by atoms with Gasteiger partial charge >= 0.3 is 0 Å². The van der Waals surface area contributed by atoms with Crippen LogP contribution in [0.15, 0.2) is 11.4 Å². The Morgan fingerprint density at radius 2 is 2.33 bits per heavy atom. The molecule has 0 spiro atoms. The fourth-order valence-corrected chi connectivity index (χ4v) is 4.17. The van der Waals surface area contributed by atoms with Crippen molar-refractivity contribution >= 4 is 45.9 Å². The minimum atomic E-state index is 0.186. The largest absolute Gasteiger partial charge is 0.378 e. The van der Waals surface area contributed by atoms with E-state index in [-0.39, 0.29) is 6.04 Å². The Labute approximate surface area is 123 Å². The molecule has 1 aliphatic heterocycles. The van der Waals surface area contributed by atoms with Gasteiger partial charge < -0.3 is 10.1 Å². The van der Waals surface area contributed by atoms with Crippen LogP contribution in [0.3, 0.4) is 0 Å². The fourth-order valence-electron chi connectivity index (χ4n) is 1.81. The maximum atomic E-state index is 6.13. The van der Waals surface area contributed by atoms with Crippen LogP contribution in [0.4, 0.5) is 0 Å². The van der Waals surface area contributed by atoms with Gasteiger partial charge in [0.2, 0.25) is 0 Å². The summed E-state index contributed by atoms with van der Waals surface area (Å²) in [5, 5.41) is 6.43. The molecular formula is C11H10Cl2N2OS2. The first-order chi connectivity index (χ1) is 8.74. The van der Waals surface area contributed by atoms with Crippen molar-refractivity contribution in [1.82, 2.24) is 10.3 Å². The summed E-state index contributed by atoms with van der Waals surface area (Å²) in [7, 11) is 0. The summed E-state index contributed by atoms with van der Waals surface area (Å²) < 4.78 is 6.81. The summed E-state index contributed by atoms with van der Waals surface area (Å²) in [5.41, 5.74) is 1.79. The summed E-state index contributed by atoms with van der Waals surface area (Å²) in [4.78, 5) is 4.62. The highest BCUT2D eigenvalue weighted by Gasteiger charge is 2.20. The topological polar surface area (TPSA) is 34.1 Å². The minimum Gasteiger partial charge on any atom is -0.378 e. The van der Waals surface area contributed by atoms with E-state index in [1.807, 2.05) is 11.4 Å². The third-order valence-electron chi connectivity index (χ3n) is 2.67. The zero-order chi connectivity index (χ0) is 12.5. The average Bonchev–Trinajstić information content (AvgIpc) is 2.97. The highest BCUT2D eigenvalue weighted by molar-refractivity contribution is 7.20. The van der Waals surface area contributed by atoms with Gasteiger partial charge in [0.05, 0.1) is 29.3 Å². The summed E-state index contributed by atoms with van der Waals surface area (Å²) in [6.07, 6.45) is 0. The molecule has 1 saturated heterocycles. The zero-order valence-corrected chi connectivity index (χ0v) is 12.4. The van der Waals surface area contributed by atoms with E-state index in [4.69, 9.17) is 27.9 Å². The molecule has 0 aromatic carbocycles. The normalized spacial score (nSPS) is 20.2. The quantitative estimate of drug-likeness (QED) is 0.912. The molecule has 1 unspecified atom stereocenters. The van der Waals surface area contributed by atoms with Crippen LogP contribution >= 0.6 is 45.9 Å². The molecule has 1 fully saturated rings. The van der Waals surface area contributed by atoms with E-state index in [2.05, 4.69) is 10.3 Å². The van der Waals surface area contributed by atoms with Crippen molar-refractivity contribution in [2.24, 2.45) is 0 Å². The molecule has 96 valence electrons. The lowest BCUT2D eigenvalue weighted by molar-refractivity contribution is 0.0768. The van der Waals surface area contributed by atoms with Gasteiger partial charge in [-0.3, -0.25) is 0 Å². The molecule has 0 aliphatic carbocycles. The first-order valence-electron chi connectivity index (χ1n) is 5.46. The second-order valence-electron chi connectivity index (χ2n) is 3.89. The van der Waals surface area contributed by atoms with E-state index < -0.39 is 0 Å². The molecule has 0 radical (unpaired) electrons. The van der Waals surface area contributed by atoms with Gasteiger partial charge in [-0.05, 0) is 6.07 Å². The van der Waals surface area contributed by atoms with Crippen molar-refractivity contribution in [3.63, 3.8) is 0 Å². The van der Waals surface area contributed by atoms with Crippen LogP contribution in [0.25, 0.3) is 11.3 Å². The lowest BCUT2D eigenvalue weighted by Crippen LogP contribution is -2.34. The van der Waals surface area contributed by atoms with Gasteiger partial charge in [-0.2, -0.15) is 0 Å². The van der Waals surface area contributed by atoms with Crippen LogP contribution in [0, 0.1) is 0 Å². The Hall–Kier alpha value is -0.170. The number of nitrogens with zero attached hydrogens (tertiary/aromatic N) is 1. The molecule has 2 aromatic heterocycles. The number of ether oxygens (including phenoxy) is 1. The molecule has 0 bridgehead atoms. The van der Waals surface area contributed by atoms with E-state index in [1.54, 1.807) is 11.3 Å². The first kappa shape index (κ1) is 12.8. The number of nitrogens with one attached hydrogen (secondary N) is 1. The van der Waals surface area contributed by atoms with Crippen molar-refractivity contribution in [3.8, 4) is 11.3 Å². The van der Waals surface area contributed by atoms with Crippen molar-refractivity contribution in [2.75, 3.05) is 19.8 Å². The van der Waals surface area contributed by atoms with Crippen LogP contribution in [0.2, 0.25) is 8.67 Å².